The van der Waals surface area contributed by atoms with Crippen molar-refractivity contribution in [2.45, 2.75) is 40.0 Å². The molecule has 3 heterocycles. The monoisotopic (exact) mass is 560 g/mol. The number of anilines is 1. The molecular formula is C30H32N4O5S. The first-order valence-corrected chi connectivity index (χ1v) is 14.2. The van der Waals surface area contributed by atoms with E-state index < -0.39 is 0 Å². The Kier molecular flexibility index (Phi) is 7.97. The molecule has 0 radical (unpaired) electrons. The van der Waals surface area contributed by atoms with Crippen LogP contribution in [0.4, 0.5) is 16.2 Å². The van der Waals surface area contributed by atoms with E-state index in [9.17, 15) is 19.7 Å². The van der Waals surface area contributed by atoms with Gasteiger partial charge in [-0.25, -0.2) is 0 Å². The molecule has 10 heteroatoms. The van der Waals surface area contributed by atoms with E-state index in [1.165, 1.54) is 4.90 Å². The average Bonchev–Trinajstić information content (AvgIpc) is 3.38. The zero-order chi connectivity index (χ0) is 28.4. The molecule has 0 unspecified atom stereocenters. The summed E-state index contributed by atoms with van der Waals surface area (Å²) in [5.41, 5.74) is 5.01. The van der Waals surface area contributed by atoms with Crippen molar-refractivity contribution in [2.75, 3.05) is 31.1 Å². The Morgan fingerprint density at radius 1 is 1.00 bits per heavy atom. The Hall–Kier alpha value is -4.05. The lowest BCUT2D eigenvalue weighted by Gasteiger charge is -2.28. The van der Waals surface area contributed by atoms with Gasteiger partial charge in [-0.05, 0) is 93.8 Å². The van der Waals surface area contributed by atoms with Crippen LogP contribution in [-0.2, 0) is 4.79 Å². The molecule has 40 heavy (non-hydrogen) atoms. The lowest BCUT2D eigenvalue weighted by Crippen LogP contribution is -2.32. The van der Waals surface area contributed by atoms with Crippen LogP contribution < -0.4 is 9.64 Å². The maximum Gasteiger partial charge on any atom is 0.294 e. The summed E-state index contributed by atoms with van der Waals surface area (Å²) in [7, 11) is 0. The summed E-state index contributed by atoms with van der Waals surface area (Å²) in [5.74, 6) is 0.332. The number of carbonyl (C=O) groups is 2. The second-order valence-electron chi connectivity index (χ2n) is 10.1. The topological polar surface area (TPSA) is 97.9 Å². The third-order valence-corrected chi connectivity index (χ3v) is 8.25. The molecule has 208 valence electrons. The van der Waals surface area contributed by atoms with Crippen LogP contribution in [0.5, 0.6) is 5.75 Å². The zero-order valence-corrected chi connectivity index (χ0v) is 23.7. The molecule has 0 atom stereocenters. The summed E-state index contributed by atoms with van der Waals surface area (Å²) >= 11 is 0.907. The third kappa shape index (κ3) is 5.62. The second-order valence-corrected chi connectivity index (χ2v) is 11.1. The molecule has 0 spiro atoms. The first-order chi connectivity index (χ1) is 19.2. The maximum atomic E-state index is 13.1. The van der Waals surface area contributed by atoms with E-state index in [2.05, 4.69) is 4.90 Å². The van der Waals surface area contributed by atoms with Crippen LogP contribution in [0.1, 0.15) is 41.8 Å². The minimum absolute atomic E-state index is 0.0856. The minimum atomic E-state index is -0.353. The minimum Gasteiger partial charge on any atom is -0.492 e. The molecule has 2 aliphatic rings. The molecule has 1 aromatic heterocycles. The van der Waals surface area contributed by atoms with Gasteiger partial charge in [0, 0.05) is 30.5 Å². The lowest BCUT2D eigenvalue weighted by molar-refractivity contribution is -0.384. The first kappa shape index (κ1) is 27.5. The van der Waals surface area contributed by atoms with Crippen LogP contribution in [-0.4, -0.2) is 51.8 Å². The van der Waals surface area contributed by atoms with Gasteiger partial charge in [-0.1, -0.05) is 17.7 Å². The summed E-state index contributed by atoms with van der Waals surface area (Å²) < 4.78 is 7.65. The van der Waals surface area contributed by atoms with Crippen LogP contribution in [0, 0.1) is 30.9 Å². The zero-order valence-electron chi connectivity index (χ0n) is 22.9. The van der Waals surface area contributed by atoms with Crippen molar-refractivity contribution in [2.24, 2.45) is 0 Å². The third-order valence-electron chi connectivity index (χ3n) is 7.35. The van der Waals surface area contributed by atoms with Crippen molar-refractivity contribution in [1.29, 1.82) is 0 Å². The van der Waals surface area contributed by atoms with Crippen LogP contribution >= 0.6 is 11.8 Å². The number of thioether (sulfide) groups is 1. The van der Waals surface area contributed by atoms with Gasteiger partial charge in [0.05, 0.1) is 22.1 Å². The molecule has 2 aromatic carbocycles. The summed E-state index contributed by atoms with van der Waals surface area (Å²) in [6, 6.07) is 14.9. The van der Waals surface area contributed by atoms with Gasteiger partial charge in [0.2, 0.25) is 0 Å². The largest absolute Gasteiger partial charge is 0.492 e. The number of aryl methyl sites for hydroxylation is 2. The molecule has 9 nitrogen and oxygen atoms in total. The summed E-state index contributed by atoms with van der Waals surface area (Å²) in [6.45, 7) is 7.81. The molecule has 0 N–H and O–H groups in total. The number of imide groups is 1. The van der Waals surface area contributed by atoms with Gasteiger partial charge in [0.25, 0.3) is 16.8 Å². The fourth-order valence-corrected chi connectivity index (χ4v) is 6.11. The number of aromatic nitrogens is 1. The van der Waals surface area contributed by atoms with E-state index in [-0.39, 0.29) is 34.9 Å². The number of ether oxygens (including phenoxy) is 1. The number of benzene rings is 2. The van der Waals surface area contributed by atoms with Crippen LogP contribution in [0.15, 0.2) is 53.4 Å². The van der Waals surface area contributed by atoms with E-state index in [0.717, 1.165) is 66.6 Å². The standard InChI is InChI=1S/C30H32N4O5S/c1-20-7-10-25(11-8-20)39-16-15-32-29(35)28(40-30(32)36)18-23-17-21(2)33(22(23)3)24-9-12-26(27(19-24)34(37)38)31-13-5-4-6-14-31/h7-12,17-19H,4-6,13-16H2,1-3H3/b28-18-. The molecule has 0 saturated carbocycles. The normalized spacial score (nSPS) is 16.7. The number of hydrogen-bond acceptors (Lipinski definition) is 7. The number of rotatable bonds is 8. The molecule has 5 rings (SSSR count). The summed E-state index contributed by atoms with van der Waals surface area (Å²) in [4.78, 5) is 41.0. The van der Waals surface area contributed by atoms with Gasteiger partial charge in [0.1, 0.15) is 18.0 Å². The Morgan fingerprint density at radius 2 is 1.73 bits per heavy atom. The van der Waals surface area contributed by atoms with Crippen LogP contribution in [0.2, 0.25) is 0 Å². The number of nitrogens with zero attached hydrogens (tertiary/aromatic N) is 4. The van der Waals surface area contributed by atoms with Crippen LogP contribution in [0.3, 0.4) is 0 Å². The van der Waals surface area contributed by atoms with Gasteiger partial charge in [-0.2, -0.15) is 0 Å². The van der Waals surface area contributed by atoms with Gasteiger partial charge in [-0.15, -0.1) is 0 Å². The van der Waals surface area contributed by atoms with Crippen molar-refractivity contribution in [3.05, 3.63) is 86.1 Å². The summed E-state index contributed by atoms with van der Waals surface area (Å²) in [6.07, 6.45) is 4.93. The predicted octanol–water partition coefficient (Wildman–Crippen LogP) is 6.42. The molecule has 2 saturated heterocycles. The van der Waals surface area contributed by atoms with Crippen LogP contribution in [0.25, 0.3) is 11.8 Å². The molecule has 0 bridgehead atoms. The number of piperidine rings is 1. The number of nitro groups is 1. The van der Waals surface area contributed by atoms with Gasteiger partial charge >= 0.3 is 0 Å². The van der Waals surface area contributed by atoms with Crippen molar-refractivity contribution in [1.82, 2.24) is 9.47 Å². The van der Waals surface area contributed by atoms with Crippen molar-refractivity contribution < 1.29 is 19.2 Å². The van der Waals surface area contributed by atoms with Gasteiger partial charge < -0.3 is 14.2 Å². The smallest absolute Gasteiger partial charge is 0.294 e. The van der Waals surface area contributed by atoms with Crippen molar-refractivity contribution in [3.8, 4) is 11.4 Å². The Morgan fingerprint density at radius 3 is 2.42 bits per heavy atom. The van der Waals surface area contributed by atoms with E-state index in [1.807, 2.05) is 67.8 Å². The van der Waals surface area contributed by atoms with E-state index in [0.29, 0.717) is 22.0 Å². The van der Waals surface area contributed by atoms with Gasteiger partial charge in [-0.3, -0.25) is 24.6 Å². The lowest BCUT2D eigenvalue weighted by atomic mass is 10.1. The molecule has 3 aromatic rings. The summed E-state index contributed by atoms with van der Waals surface area (Å²) in [5, 5.41) is 11.7. The molecule has 2 aliphatic heterocycles. The molecular weight excluding hydrogens is 528 g/mol. The number of carbonyl (C=O) groups excluding carboxylic acids is 2. The molecule has 0 aliphatic carbocycles. The first-order valence-electron chi connectivity index (χ1n) is 13.4. The number of nitro benzene ring substituents is 1. The highest BCUT2D eigenvalue weighted by Crippen LogP contribution is 2.36. The van der Waals surface area contributed by atoms with E-state index in [4.69, 9.17) is 4.74 Å². The Labute approximate surface area is 237 Å². The number of hydrogen-bond donors (Lipinski definition) is 0. The fraction of sp³-hybridized carbons (Fsp3) is 0.333. The SMILES string of the molecule is Cc1ccc(OCCN2C(=O)S/C(=C\c3cc(C)n(-c4ccc(N5CCCCC5)c([N+](=O)[O-])c4)c3C)C2=O)cc1. The Balaban J connectivity index is 1.35. The quantitative estimate of drug-likeness (QED) is 0.178. The maximum absolute atomic E-state index is 13.1. The predicted molar refractivity (Wildman–Crippen MR) is 157 cm³/mol. The highest BCUT2D eigenvalue weighted by molar-refractivity contribution is 8.18. The molecule has 2 fully saturated rings. The van der Waals surface area contributed by atoms with Crippen molar-refractivity contribution >= 4 is 40.4 Å². The fourth-order valence-electron chi connectivity index (χ4n) is 5.25. The highest BCUT2D eigenvalue weighted by atomic mass is 32.2. The Bertz CT molecular complexity index is 1490. The second kappa shape index (κ2) is 11.6. The van der Waals surface area contributed by atoms with E-state index in [1.54, 1.807) is 12.1 Å². The average molecular weight is 561 g/mol. The van der Waals surface area contributed by atoms with Crippen molar-refractivity contribution in [3.63, 3.8) is 0 Å². The van der Waals surface area contributed by atoms with E-state index >= 15 is 0 Å². The molecule has 2 amide bonds. The number of amides is 2. The van der Waals surface area contributed by atoms with Gasteiger partial charge in [0.15, 0.2) is 0 Å². The highest BCUT2D eigenvalue weighted by Gasteiger charge is 2.35.